The van der Waals surface area contributed by atoms with E-state index in [4.69, 9.17) is 10.3 Å². The minimum atomic E-state index is -0.628. The molecule has 20 heavy (non-hydrogen) atoms. The van der Waals surface area contributed by atoms with Crippen LogP contribution in [-0.4, -0.2) is 34.0 Å². The summed E-state index contributed by atoms with van der Waals surface area (Å²) in [7, 11) is 0. The van der Waals surface area contributed by atoms with E-state index < -0.39 is 5.91 Å². The molecule has 1 aliphatic heterocycles. The van der Waals surface area contributed by atoms with Crippen molar-refractivity contribution in [2.24, 2.45) is 11.7 Å². The molecule has 110 valence electrons. The third-order valence-corrected chi connectivity index (χ3v) is 4.53. The van der Waals surface area contributed by atoms with Crippen LogP contribution in [0.3, 0.4) is 0 Å². The predicted molar refractivity (Wildman–Crippen MR) is 72.9 cm³/mol. The zero-order valence-electron chi connectivity index (χ0n) is 11.8. The molecule has 1 amide bonds. The van der Waals surface area contributed by atoms with E-state index in [9.17, 15) is 4.79 Å². The summed E-state index contributed by atoms with van der Waals surface area (Å²) >= 11 is 0. The second kappa shape index (κ2) is 5.91. The first-order valence-corrected chi connectivity index (χ1v) is 7.61. The fourth-order valence-corrected chi connectivity index (χ4v) is 3.50. The van der Waals surface area contributed by atoms with Crippen LogP contribution in [0.5, 0.6) is 0 Å². The van der Waals surface area contributed by atoms with Gasteiger partial charge in [0, 0.05) is 6.54 Å². The highest BCUT2D eigenvalue weighted by atomic mass is 16.5. The molecule has 1 aromatic heterocycles. The molecule has 0 radical (unpaired) electrons. The van der Waals surface area contributed by atoms with E-state index in [0.717, 1.165) is 31.8 Å². The van der Waals surface area contributed by atoms with Gasteiger partial charge < -0.3 is 10.3 Å². The fourth-order valence-electron chi connectivity index (χ4n) is 3.50. The number of rotatable bonds is 4. The molecule has 1 atom stereocenters. The van der Waals surface area contributed by atoms with Gasteiger partial charge in [-0.3, -0.25) is 9.69 Å². The van der Waals surface area contributed by atoms with E-state index in [1.54, 1.807) is 0 Å². The normalized spacial score (nSPS) is 25.1. The standard InChI is InChI=1S/C14H22N4O2/c15-12(19)13-16-14(20-17-13)11-7-4-8-18(11)9-10-5-2-1-3-6-10/h10-11H,1-9H2,(H2,15,19)/t11-/m0/s1. The highest BCUT2D eigenvalue weighted by molar-refractivity contribution is 5.88. The Balaban J connectivity index is 1.66. The average Bonchev–Trinajstić information content (AvgIpc) is 3.08. The van der Waals surface area contributed by atoms with E-state index in [1.807, 2.05) is 0 Å². The topological polar surface area (TPSA) is 85.2 Å². The van der Waals surface area contributed by atoms with Crippen molar-refractivity contribution in [3.63, 3.8) is 0 Å². The number of nitrogens with two attached hydrogens (primary N) is 1. The molecule has 6 nitrogen and oxygen atoms in total. The van der Waals surface area contributed by atoms with Gasteiger partial charge in [0.15, 0.2) is 0 Å². The van der Waals surface area contributed by atoms with Crippen LogP contribution in [0.4, 0.5) is 0 Å². The SMILES string of the molecule is NC(=O)c1noc([C@@H]2CCCN2CC2CCCCC2)n1. The molecule has 1 aliphatic carbocycles. The van der Waals surface area contributed by atoms with Crippen molar-refractivity contribution in [1.82, 2.24) is 15.0 Å². The van der Waals surface area contributed by atoms with Crippen molar-refractivity contribution in [3.05, 3.63) is 11.7 Å². The number of carbonyl (C=O) groups excluding carboxylic acids is 1. The van der Waals surface area contributed by atoms with Crippen molar-refractivity contribution in [2.75, 3.05) is 13.1 Å². The number of hydrogen-bond donors (Lipinski definition) is 1. The minimum Gasteiger partial charge on any atom is -0.363 e. The van der Waals surface area contributed by atoms with Crippen molar-refractivity contribution >= 4 is 5.91 Å². The van der Waals surface area contributed by atoms with E-state index in [0.29, 0.717) is 5.89 Å². The third-order valence-electron chi connectivity index (χ3n) is 4.53. The first-order chi connectivity index (χ1) is 9.74. The van der Waals surface area contributed by atoms with Gasteiger partial charge in [0.25, 0.3) is 11.7 Å². The largest absolute Gasteiger partial charge is 0.363 e. The maximum absolute atomic E-state index is 11.1. The molecular formula is C14H22N4O2. The highest BCUT2D eigenvalue weighted by Gasteiger charge is 2.32. The lowest BCUT2D eigenvalue weighted by Crippen LogP contribution is -2.30. The smallest absolute Gasteiger partial charge is 0.290 e. The summed E-state index contributed by atoms with van der Waals surface area (Å²) in [5.41, 5.74) is 5.17. The quantitative estimate of drug-likeness (QED) is 0.909. The molecule has 0 aromatic carbocycles. The lowest BCUT2D eigenvalue weighted by Gasteiger charge is -2.29. The van der Waals surface area contributed by atoms with Gasteiger partial charge in [-0.1, -0.05) is 24.4 Å². The number of nitrogens with zero attached hydrogens (tertiary/aromatic N) is 3. The maximum Gasteiger partial charge on any atom is 0.290 e. The summed E-state index contributed by atoms with van der Waals surface area (Å²) in [5.74, 6) is 0.705. The molecule has 0 unspecified atom stereocenters. The molecule has 2 heterocycles. The number of primary amides is 1. The van der Waals surface area contributed by atoms with Gasteiger partial charge in [-0.15, -0.1) is 0 Å². The van der Waals surface area contributed by atoms with Gasteiger partial charge in [0.2, 0.25) is 5.89 Å². The van der Waals surface area contributed by atoms with Crippen LogP contribution in [-0.2, 0) is 0 Å². The van der Waals surface area contributed by atoms with Crippen molar-refractivity contribution < 1.29 is 9.32 Å². The molecule has 2 aliphatic rings. The summed E-state index contributed by atoms with van der Waals surface area (Å²) in [6.07, 6.45) is 8.93. The molecule has 2 fully saturated rings. The lowest BCUT2D eigenvalue weighted by molar-refractivity contribution is 0.0987. The summed E-state index contributed by atoms with van der Waals surface area (Å²) in [6, 6.07) is 0.164. The van der Waals surface area contributed by atoms with Crippen LogP contribution >= 0.6 is 0 Å². The summed E-state index contributed by atoms with van der Waals surface area (Å²) in [6.45, 7) is 2.19. The Kier molecular flexibility index (Phi) is 4.00. The van der Waals surface area contributed by atoms with Gasteiger partial charge in [0.05, 0.1) is 6.04 Å². The number of amides is 1. The van der Waals surface area contributed by atoms with Crippen molar-refractivity contribution in [2.45, 2.75) is 51.0 Å². The van der Waals surface area contributed by atoms with E-state index in [1.165, 1.54) is 32.1 Å². The van der Waals surface area contributed by atoms with Crippen LogP contribution in [0.15, 0.2) is 4.52 Å². The van der Waals surface area contributed by atoms with Gasteiger partial charge in [0.1, 0.15) is 0 Å². The Labute approximate surface area is 118 Å². The second-order valence-electron chi connectivity index (χ2n) is 5.98. The number of carbonyl (C=O) groups is 1. The van der Waals surface area contributed by atoms with E-state index >= 15 is 0 Å². The first kappa shape index (κ1) is 13.5. The van der Waals surface area contributed by atoms with E-state index in [2.05, 4.69) is 15.0 Å². The highest BCUT2D eigenvalue weighted by Crippen LogP contribution is 2.34. The molecule has 0 spiro atoms. The molecule has 3 rings (SSSR count). The molecule has 0 bridgehead atoms. The molecule has 1 saturated heterocycles. The summed E-state index contributed by atoms with van der Waals surface area (Å²) < 4.78 is 5.23. The van der Waals surface area contributed by atoms with Crippen LogP contribution in [0.1, 0.15) is 67.5 Å². The van der Waals surface area contributed by atoms with Crippen LogP contribution < -0.4 is 5.73 Å². The molecule has 6 heteroatoms. The Morgan fingerprint density at radius 3 is 2.75 bits per heavy atom. The fraction of sp³-hybridized carbons (Fsp3) is 0.786. The first-order valence-electron chi connectivity index (χ1n) is 7.61. The number of aromatic nitrogens is 2. The zero-order valence-corrected chi connectivity index (χ0v) is 11.8. The van der Waals surface area contributed by atoms with E-state index in [-0.39, 0.29) is 11.9 Å². The Bertz CT molecular complexity index is 467. The maximum atomic E-state index is 11.1. The van der Waals surface area contributed by atoms with Crippen molar-refractivity contribution in [1.29, 1.82) is 0 Å². The minimum absolute atomic E-state index is 0.00971. The molecule has 1 aromatic rings. The third kappa shape index (κ3) is 2.85. The Hall–Kier alpha value is -1.43. The van der Waals surface area contributed by atoms with Gasteiger partial charge >= 0.3 is 0 Å². The van der Waals surface area contributed by atoms with Gasteiger partial charge in [-0.25, -0.2) is 0 Å². The van der Waals surface area contributed by atoms with Crippen LogP contribution in [0.2, 0.25) is 0 Å². The number of hydrogen-bond acceptors (Lipinski definition) is 5. The zero-order chi connectivity index (χ0) is 13.9. The predicted octanol–water partition coefficient (Wildman–Crippen LogP) is 1.89. The van der Waals surface area contributed by atoms with Crippen LogP contribution in [0, 0.1) is 5.92 Å². The van der Waals surface area contributed by atoms with Crippen LogP contribution in [0.25, 0.3) is 0 Å². The molecule has 2 N–H and O–H groups in total. The average molecular weight is 278 g/mol. The van der Waals surface area contributed by atoms with Crippen molar-refractivity contribution in [3.8, 4) is 0 Å². The lowest BCUT2D eigenvalue weighted by atomic mass is 9.89. The van der Waals surface area contributed by atoms with Gasteiger partial charge in [-0.2, -0.15) is 4.98 Å². The van der Waals surface area contributed by atoms with Gasteiger partial charge in [-0.05, 0) is 38.1 Å². The second-order valence-corrected chi connectivity index (χ2v) is 5.98. The number of likely N-dealkylation sites (tertiary alicyclic amines) is 1. The Morgan fingerprint density at radius 1 is 1.25 bits per heavy atom. The molecular weight excluding hydrogens is 256 g/mol. The molecule has 1 saturated carbocycles. The summed E-state index contributed by atoms with van der Waals surface area (Å²) in [5, 5.41) is 3.65. The summed E-state index contributed by atoms with van der Waals surface area (Å²) in [4.78, 5) is 17.6. The Morgan fingerprint density at radius 2 is 2.05 bits per heavy atom. The monoisotopic (exact) mass is 278 g/mol.